The van der Waals surface area contributed by atoms with Crippen molar-refractivity contribution < 1.29 is 4.79 Å². The molecule has 1 fully saturated rings. The van der Waals surface area contributed by atoms with E-state index in [1.807, 2.05) is 48.5 Å². The predicted octanol–water partition coefficient (Wildman–Crippen LogP) is 1.16. The molecule has 5 heteroatoms. The van der Waals surface area contributed by atoms with Crippen LogP contribution in [0, 0.1) is 5.92 Å². The van der Waals surface area contributed by atoms with Crippen LogP contribution in [0.3, 0.4) is 0 Å². The molecule has 0 saturated carbocycles. The van der Waals surface area contributed by atoms with Gasteiger partial charge in [-0.3, -0.25) is 15.2 Å². The van der Waals surface area contributed by atoms with Crippen LogP contribution in [0.4, 0.5) is 0 Å². The van der Waals surface area contributed by atoms with Crippen LogP contribution >= 0.6 is 0 Å². The number of hydrazine groups is 1. The average Bonchev–Trinajstić information content (AvgIpc) is 3.04. The summed E-state index contributed by atoms with van der Waals surface area (Å²) in [5.74, 6) is -0.0943. The summed E-state index contributed by atoms with van der Waals surface area (Å²) < 4.78 is 0. The minimum Gasteiger partial charge on any atom is -0.350 e. The van der Waals surface area contributed by atoms with Crippen LogP contribution in [0.25, 0.3) is 0 Å². The van der Waals surface area contributed by atoms with Gasteiger partial charge in [-0.05, 0) is 17.7 Å². The molecule has 3 N–H and O–H groups in total. The van der Waals surface area contributed by atoms with Crippen LogP contribution in [-0.2, 0) is 11.3 Å². The Morgan fingerprint density at radius 2 is 2.00 bits per heavy atom. The highest BCUT2D eigenvalue weighted by atomic mass is 16.2. The SMILES string of the molecule is O=C(NCc1ccccn1)C1CNNC1c1ccccc1. The Kier molecular flexibility index (Phi) is 4.23. The first-order valence-corrected chi connectivity index (χ1v) is 7.05. The maximum Gasteiger partial charge on any atom is 0.226 e. The normalized spacial score (nSPS) is 21.1. The molecule has 2 aromatic rings. The van der Waals surface area contributed by atoms with Crippen molar-refractivity contribution in [1.29, 1.82) is 0 Å². The fourth-order valence-electron chi connectivity index (χ4n) is 2.53. The molecule has 0 radical (unpaired) electrons. The number of benzene rings is 1. The van der Waals surface area contributed by atoms with Gasteiger partial charge < -0.3 is 5.32 Å². The summed E-state index contributed by atoms with van der Waals surface area (Å²) in [6, 6.07) is 15.7. The van der Waals surface area contributed by atoms with Gasteiger partial charge in [-0.25, -0.2) is 5.43 Å². The number of nitrogens with zero attached hydrogens (tertiary/aromatic N) is 1. The van der Waals surface area contributed by atoms with E-state index in [1.165, 1.54) is 0 Å². The molecule has 108 valence electrons. The van der Waals surface area contributed by atoms with Gasteiger partial charge in [0.05, 0.1) is 24.2 Å². The molecule has 1 aromatic carbocycles. The molecule has 1 aliphatic rings. The smallest absolute Gasteiger partial charge is 0.226 e. The van der Waals surface area contributed by atoms with Crippen molar-refractivity contribution in [3.05, 3.63) is 66.0 Å². The molecule has 3 rings (SSSR count). The number of rotatable bonds is 4. The van der Waals surface area contributed by atoms with Crippen molar-refractivity contribution in [2.24, 2.45) is 5.92 Å². The Hall–Kier alpha value is -2.24. The number of carbonyl (C=O) groups is 1. The van der Waals surface area contributed by atoms with E-state index in [9.17, 15) is 4.79 Å². The molecule has 1 saturated heterocycles. The zero-order chi connectivity index (χ0) is 14.5. The maximum atomic E-state index is 12.4. The molecule has 1 aliphatic heterocycles. The van der Waals surface area contributed by atoms with Gasteiger partial charge in [0.15, 0.2) is 0 Å². The molecule has 2 heterocycles. The fraction of sp³-hybridized carbons (Fsp3) is 0.250. The third kappa shape index (κ3) is 3.26. The van der Waals surface area contributed by atoms with E-state index >= 15 is 0 Å². The second-order valence-corrected chi connectivity index (χ2v) is 5.06. The van der Waals surface area contributed by atoms with Gasteiger partial charge >= 0.3 is 0 Å². The second kappa shape index (κ2) is 6.47. The minimum absolute atomic E-state index is 0.00469. The Labute approximate surface area is 123 Å². The first-order valence-electron chi connectivity index (χ1n) is 7.05. The van der Waals surface area contributed by atoms with E-state index in [4.69, 9.17) is 0 Å². The summed E-state index contributed by atoms with van der Waals surface area (Å²) in [6.45, 7) is 1.07. The third-order valence-corrected chi connectivity index (χ3v) is 3.65. The molecule has 0 bridgehead atoms. The summed E-state index contributed by atoms with van der Waals surface area (Å²) >= 11 is 0. The second-order valence-electron chi connectivity index (χ2n) is 5.06. The van der Waals surface area contributed by atoms with Gasteiger partial charge in [-0.1, -0.05) is 36.4 Å². The fourth-order valence-corrected chi connectivity index (χ4v) is 2.53. The standard InChI is InChI=1S/C16H18N4O/c21-16(18-10-13-8-4-5-9-17-13)14-11-19-20-15(14)12-6-2-1-3-7-12/h1-9,14-15,19-20H,10-11H2,(H,18,21). The Morgan fingerprint density at radius 3 is 2.76 bits per heavy atom. The number of carbonyl (C=O) groups excluding carboxylic acids is 1. The molecule has 1 aromatic heterocycles. The van der Waals surface area contributed by atoms with Crippen LogP contribution in [0.2, 0.25) is 0 Å². The first-order chi connectivity index (χ1) is 10.3. The van der Waals surface area contributed by atoms with Gasteiger partial charge in [-0.2, -0.15) is 0 Å². The highest BCUT2D eigenvalue weighted by Gasteiger charge is 2.33. The molecule has 2 atom stereocenters. The van der Waals surface area contributed by atoms with Crippen LogP contribution in [0.5, 0.6) is 0 Å². The quantitative estimate of drug-likeness (QED) is 0.787. The molecule has 1 amide bonds. The van der Waals surface area contributed by atoms with Crippen LogP contribution in [-0.4, -0.2) is 17.4 Å². The minimum atomic E-state index is -0.129. The number of hydrogen-bond acceptors (Lipinski definition) is 4. The predicted molar refractivity (Wildman–Crippen MR) is 79.9 cm³/mol. The molecule has 5 nitrogen and oxygen atoms in total. The summed E-state index contributed by atoms with van der Waals surface area (Å²) in [5.41, 5.74) is 8.22. The molecule has 2 unspecified atom stereocenters. The Bertz CT molecular complexity index is 588. The summed E-state index contributed by atoms with van der Waals surface area (Å²) in [5, 5.41) is 2.96. The third-order valence-electron chi connectivity index (χ3n) is 3.65. The zero-order valence-electron chi connectivity index (χ0n) is 11.6. The summed E-state index contributed by atoms with van der Waals surface area (Å²) in [7, 11) is 0. The number of aromatic nitrogens is 1. The van der Waals surface area contributed by atoms with Crippen LogP contribution in [0.1, 0.15) is 17.3 Å². The van der Waals surface area contributed by atoms with E-state index < -0.39 is 0 Å². The van der Waals surface area contributed by atoms with Crippen molar-refractivity contribution in [2.75, 3.05) is 6.54 Å². The van der Waals surface area contributed by atoms with Crippen molar-refractivity contribution in [3.63, 3.8) is 0 Å². The topological polar surface area (TPSA) is 66.0 Å². The van der Waals surface area contributed by atoms with E-state index in [0.29, 0.717) is 13.1 Å². The van der Waals surface area contributed by atoms with Gasteiger partial charge in [-0.15, -0.1) is 0 Å². The number of hydrogen-bond donors (Lipinski definition) is 3. The monoisotopic (exact) mass is 282 g/mol. The highest BCUT2D eigenvalue weighted by Crippen LogP contribution is 2.24. The molecule has 0 aliphatic carbocycles. The largest absolute Gasteiger partial charge is 0.350 e. The number of nitrogens with one attached hydrogen (secondary N) is 3. The van der Waals surface area contributed by atoms with Crippen LogP contribution in [0.15, 0.2) is 54.7 Å². The average molecular weight is 282 g/mol. The lowest BCUT2D eigenvalue weighted by Crippen LogP contribution is -2.34. The van der Waals surface area contributed by atoms with E-state index in [2.05, 4.69) is 21.2 Å². The lowest BCUT2D eigenvalue weighted by molar-refractivity contribution is -0.125. The Balaban J connectivity index is 1.64. The lowest BCUT2D eigenvalue weighted by Gasteiger charge is -2.18. The van der Waals surface area contributed by atoms with Gasteiger partial charge in [0.2, 0.25) is 5.91 Å². The van der Waals surface area contributed by atoms with Gasteiger partial charge in [0.25, 0.3) is 0 Å². The number of pyridine rings is 1. The molecule has 0 spiro atoms. The van der Waals surface area contributed by atoms with Crippen molar-refractivity contribution in [1.82, 2.24) is 21.2 Å². The van der Waals surface area contributed by atoms with E-state index in [-0.39, 0.29) is 17.9 Å². The molecular formula is C16H18N4O. The van der Waals surface area contributed by atoms with E-state index in [0.717, 1.165) is 11.3 Å². The van der Waals surface area contributed by atoms with Gasteiger partial charge in [0.1, 0.15) is 0 Å². The van der Waals surface area contributed by atoms with E-state index in [1.54, 1.807) is 6.20 Å². The highest BCUT2D eigenvalue weighted by molar-refractivity contribution is 5.80. The zero-order valence-corrected chi connectivity index (χ0v) is 11.6. The summed E-state index contributed by atoms with van der Waals surface area (Å²) in [6.07, 6.45) is 1.73. The van der Waals surface area contributed by atoms with Crippen molar-refractivity contribution in [3.8, 4) is 0 Å². The molecule has 21 heavy (non-hydrogen) atoms. The van der Waals surface area contributed by atoms with Crippen LogP contribution < -0.4 is 16.2 Å². The van der Waals surface area contributed by atoms with Gasteiger partial charge in [0, 0.05) is 12.7 Å². The molecular weight excluding hydrogens is 264 g/mol. The Morgan fingerprint density at radius 1 is 1.19 bits per heavy atom. The summed E-state index contributed by atoms with van der Waals surface area (Å²) in [4.78, 5) is 16.6. The van der Waals surface area contributed by atoms with Crippen molar-refractivity contribution >= 4 is 5.91 Å². The maximum absolute atomic E-state index is 12.4. The first kappa shape index (κ1) is 13.7. The lowest BCUT2D eigenvalue weighted by atomic mass is 9.94. The van der Waals surface area contributed by atoms with Crippen molar-refractivity contribution in [2.45, 2.75) is 12.6 Å². The number of amides is 1.